The first kappa shape index (κ1) is 53.5. The van der Waals surface area contributed by atoms with Gasteiger partial charge in [0.05, 0.1) is 11.0 Å². The van der Waals surface area contributed by atoms with E-state index in [-0.39, 0.29) is 0 Å². The smallest absolute Gasteiger partial charge is 0.143 e. The lowest BCUT2D eigenvalue weighted by atomic mass is 9.96. The second kappa shape index (κ2) is 22.4. The molecular formula is C86H61NOS. The predicted octanol–water partition coefficient (Wildman–Crippen LogP) is 24.7. The Morgan fingerprint density at radius 3 is 1.08 bits per heavy atom. The first-order valence-corrected chi connectivity index (χ1v) is 32.5. The van der Waals surface area contributed by atoms with E-state index in [1.165, 1.54) is 108 Å². The van der Waals surface area contributed by atoms with Gasteiger partial charge in [-0.05, 0) is 156 Å². The molecule has 14 aromatic carbocycles. The first-order chi connectivity index (χ1) is 44.1. The first-order valence-electron chi connectivity index (χ1n) is 30.8. The highest BCUT2D eigenvalue weighted by Gasteiger charge is 2.43. The number of rotatable bonds is 10. The van der Waals surface area contributed by atoms with Gasteiger partial charge in [-0.1, -0.05) is 275 Å². The summed E-state index contributed by atoms with van der Waals surface area (Å²) >= 11 is 0. The molecule has 0 bridgehead atoms. The van der Waals surface area contributed by atoms with Crippen molar-refractivity contribution >= 4 is 53.8 Å². The van der Waals surface area contributed by atoms with E-state index in [9.17, 15) is 0 Å². The van der Waals surface area contributed by atoms with Crippen molar-refractivity contribution in [1.82, 2.24) is 4.57 Å². The zero-order chi connectivity index (χ0) is 59.4. The van der Waals surface area contributed by atoms with E-state index in [1.807, 2.05) is 13.8 Å². The van der Waals surface area contributed by atoms with E-state index < -0.39 is 10.0 Å². The maximum absolute atomic E-state index is 6.71. The van der Waals surface area contributed by atoms with E-state index in [0.717, 1.165) is 49.8 Å². The van der Waals surface area contributed by atoms with Crippen LogP contribution in [0.2, 0.25) is 0 Å². The summed E-state index contributed by atoms with van der Waals surface area (Å²) in [6.07, 6.45) is 0. The van der Waals surface area contributed by atoms with E-state index in [1.54, 1.807) is 0 Å². The van der Waals surface area contributed by atoms with Crippen LogP contribution in [-0.4, -0.2) is 4.57 Å². The molecular weight excluding hydrogens is 1100 g/mol. The van der Waals surface area contributed by atoms with Gasteiger partial charge in [0.15, 0.2) is 0 Å². The molecule has 3 heteroatoms. The van der Waals surface area contributed by atoms with E-state index in [4.69, 9.17) is 4.42 Å². The van der Waals surface area contributed by atoms with Gasteiger partial charge in [-0.25, -0.2) is 0 Å². The fourth-order valence-corrected chi connectivity index (χ4v) is 17.9. The number of nitrogens with zero attached hydrogens (tertiary/aromatic N) is 1. The highest BCUT2D eigenvalue weighted by atomic mass is 32.3. The minimum Gasteiger partial charge on any atom is -0.455 e. The Balaban J connectivity index is 0.00000315. The Labute approximate surface area is 521 Å². The van der Waals surface area contributed by atoms with Crippen LogP contribution in [0.15, 0.2) is 358 Å². The fourth-order valence-electron chi connectivity index (χ4n) is 13.6. The Morgan fingerprint density at radius 1 is 0.247 bits per heavy atom. The summed E-state index contributed by atoms with van der Waals surface area (Å²) in [5.41, 5.74) is 24.4. The number of aromatic nitrogens is 1. The quantitative estimate of drug-likeness (QED) is 0.133. The Hall–Kier alpha value is -11.0. The highest BCUT2D eigenvalue weighted by molar-refractivity contribution is 8.34. The third-order valence-electron chi connectivity index (χ3n) is 17.9. The predicted molar refractivity (Wildman–Crippen MR) is 376 cm³/mol. The van der Waals surface area contributed by atoms with Crippen LogP contribution in [0.5, 0.6) is 0 Å². The van der Waals surface area contributed by atoms with Gasteiger partial charge in [0.25, 0.3) is 0 Å². The van der Waals surface area contributed by atoms with E-state index in [0.29, 0.717) is 0 Å². The molecule has 0 saturated heterocycles. The molecule has 0 amide bonds. The molecule has 1 aliphatic rings. The van der Waals surface area contributed by atoms with Gasteiger partial charge >= 0.3 is 0 Å². The Morgan fingerprint density at radius 2 is 0.607 bits per heavy atom. The van der Waals surface area contributed by atoms with Gasteiger partial charge in [-0.3, -0.25) is 0 Å². The monoisotopic (exact) mass is 1160 g/mol. The molecule has 3 heterocycles. The van der Waals surface area contributed by atoms with Gasteiger partial charge < -0.3 is 8.98 Å². The molecule has 422 valence electrons. The van der Waals surface area contributed by atoms with E-state index >= 15 is 0 Å². The number of furan rings is 1. The molecule has 17 rings (SSSR count). The molecule has 0 unspecified atom stereocenters. The van der Waals surface area contributed by atoms with Crippen LogP contribution in [0.4, 0.5) is 0 Å². The van der Waals surface area contributed by atoms with Crippen LogP contribution in [0.3, 0.4) is 0 Å². The van der Waals surface area contributed by atoms with Crippen LogP contribution < -0.4 is 0 Å². The van der Waals surface area contributed by atoms with Gasteiger partial charge in [-0.2, -0.15) is 0 Å². The zero-order valence-corrected chi connectivity index (χ0v) is 50.3. The van der Waals surface area contributed by atoms with Crippen molar-refractivity contribution < 1.29 is 4.42 Å². The van der Waals surface area contributed by atoms with Crippen molar-refractivity contribution in [3.63, 3.8) is 0 Å². The second-order valence-electron chi connectivity index (χ2n) is 22.8. The van der Waals surface area contributed by atoms with Crippen molar-refractivity contribution in [3.8, 4) is 94.7 Å². The molecule has 89 heavy (non-hydrogen) atoms. The molecule has 2 nitrogen and oxygen atoms in total. The molecule has 1 aliphatic heterocycles. The summed E-state index contributed by atoms with van der Waals surface area (Å²) in [5.74, 6) is 0. The number of benzene rings is 14. The highest BCUT2D eigenvalue weighted by Crippen LogP contribution is 2.80. The minimum absolute atomic E-state index is 0.901. The molecule has 0 aliphatic carbocycles. The molecule has 0 N–H and O–H groups in total. The van der Waals surface area contributed by atoms with Crippen LogP contribution in [0.25, 0.3) is 138 Å². The Kier molecular flexibility index (Phi) is 13.5. The number of hydrogen-bond acceptors (Lipinski definition) is 1. The van der Waals surface area contributed by atoms with Gasteiger partial charge in [0, 0.05) is 52.4 Å². The maximum atomic E-state index is 6.71. The van der Waals surface area contributed by atoms with Crippen molar-refractivity contribution in [2.75, 3.05) is 0 Å². The Bertz CT molecular complexity index is 5040. The topological polar surface area (TPSA) is 18.1 Å². The maximum Gasteiger partial charge on any atom is 0.143 e. The lowest BCUT2D eigenvalue weighted by molar-refractivity contribution is 0.670. The van der Waals surface area contributed by atoms with Gasteiger partial charge in [0.2, 0.25) is 0 Å². The largest absolute Gasteiger partial charge is 0.455 e. The van der Waals surface area contributed by atoms with E-state index in [2.05, 4.69) is 338 Å². The fraction of sp³-hybridized carbons (Fsp3) is 0.0233. The molecule has 2 aromatic heterocycles. The zero-order valence-electron chi connectivity index (χ0n) is 49.5. The standard InChI is InChI=1S/C84H55NOS.C2H6/c1-5-16-56(17-6-1)58-28-32-60(33-29-58)62-36-40-64(41-37-62)66-45-50-79-77(52-66)78-53-67(65-42-38-63(39-43-65)61-34-30-59(31-35-61)57-18-7-2-8-19-57)46-51-80(78)85(79)69-47-49-75-74-48-44-68(72-25-15-26-76-73-24-13-14-27-81(73)86-84(72)76)54-82(74)87(83(75)55-69,70-20-9-3-10-21-70)71-22-11-4-12-23-71;1-2/h1-55H;1-2H3. The SMILES string of the molecule is CC.c1ccc(-c2ccc(-c3ccc(-c4ccc5c(c4)c4cc(-c6ccc(-c7ccc(-c8ccccc8)cc7)cc6)ccc4n5-c4ccc5c(c4)S(c4ccccc4)(c4ccccc4)c4cc(-c6cccc7c6oc6ccccc67)ccc4-5)cc3)cc2)cc1. The third kappa shape index (κ3) is 9.12. The lowest BCUT2D eigenvalue weighted by Crippen LogP contribution is -2.03. The lowest BCUT2D eigenvalue weighted by Gasteiger charge is -2.39. The van der Waals surface area contributed by atoms with Crippen LogP contribution in [0.1, 0.15) is 13.8 Å². The average Bonchev–Trinajstić information content (AvgIpc) is 1.56. The summed E-state index contributed by atoms with van der Waals surface area (Å²) in [4.78, 5) is 5.27. The van der Waals surface area contributed by atoms with Gasteiger partial charge in [-0.15, -0.1) is 10.0 Å². The molecule has 0 radical (unpaired) electrons. The second-order valence-corrected chi connectivity index (χ2v) is 25.8. The number of hydrogen-bond donors (Lipinski definition) is 0. The van der Waals surface area contributed by atoms with Crippen molar-refractivity contribution in [1.29, 1.82) is 0 Å². The normalized spacial score (nSPS) is 12.6. The molecule has 0 fully saturated rings. The number of fused-ring (bicyclic) bond motifs is 9. The summed E-state index contributed by atoms with van der Waals surface area (Å²) in [7, 11) is -2.07. The molecule has 0 spiro atoms. The van der Waals surface area contributed by atoms with Crippen LogP contribution in [0, 0.1) is 0 Å². The summed E-state index contributed by atoms with van der Waals surface area (Å²) in [6.45, 7) is 4.00. The molecule has 16 aromatic rings. The van der Waals surface area contributed by atoms with Crippen molar-refractivity contribution in [3.05, 3.63) is 334 Å². The molecule has 0 atom stereocenters. The summed E-state index contributed by atoms with van der Waals surface area (Å²) in [5, 5.41) is 4.67. The van der Waals surface area contributed by atoms with Gasteiger partial charge in [0.1, 0.15) is 11.2 Å². The minimum atomic E-state index is -2.07. The third-order valence-corrected chi connectivity index (χ3v) is 21.9. The number of para-hydroxylation sites is 2. The molecule has 0 saturated carbocycles. The van der Waals surface area contributed by atoms with Crippen molar-refractivity contribution in [2.24, 2.45) is 0 Å². The van der Waals surface area contributed by atoms with Crippen molar-refractivity contribution in [2.45, 2.75) is 33.4 Å². The summed E-state index contributed by atoms with van der Waals surface area (Å²) in [6, 6.07) is 123. The average molecular weight is 1160 g/mol. The summed E-state index contributed by atoms with van der Waals surface area (Å²) < 4.78 is 9.22. The van der Waals surface area contributed by atoms with Crippen LogP contribution >= 0.6 is 10.0 Å². The van der Waals surface area contributed by atoms with Crippen LogP contribution in [-0.2, 0) is 0 Å².